The van der Waals surface area contributed by atoms with Gasteiger partial charge in [-0.2, -0.15) is 0 Å². The van der Waals surface area contributed by atoms with Crippen LogP contribution in [-0.2, 0) is 4.43 Å². The summed E-state index contributed by atoms with van der Waals surface area (Å²) >= 11 is 19.1. The highest BCUT2D eigenvalue weighted by Gasteiger charge is 2.36. The second-order valence-corrected chi connectivity index (χ2v) is 11.8. The van der Waals surface area contributed by atoms with Gasteiger partial charge in [0.05, 0.1) is 16.3 Å². The van der Waals surface area contributed by atoms with E-state index in [-0.39, 0.29) is 11.0 Å². The molecule has 0 aliphatic carbocycles. The van der Waals surface area contributed by atoms with Crippen molar-refractivity contribution in [2.75, 3.05) is 5.32 Å². The molecule has 0 amide bonds. The quantitative estimate of drug-likeness (QED) is 0.236. The molecular formula is C22H28Cl3N3OSi. The molecule has 0 saturated heterocycles. The van der Waals surface area contributed by atoms with Gasteiger partial charge in [0.1, 0.15) is 16.8 Å². The van der Waals surface area contributed by atoms with Crippen LogP contribution in [0.2, 0.25) is 20.2 Å². The summed E-state index contributed by atoms with van der Waals surface area (Å²) in [5.74, 6) is 1.04. The first-order valence-electron chi connectivity index (χ1n) is 9.66. The number of nitrogens with zero attached hydrogens (tertiary/aromatic N) is 2. The van der Waals surface area contributed by atoms with Gasteiger partial charge < -0.3 is 9.74 Å². The van der Waals surface area contributed by atoms with Crippen molar-refractivity contribution in [3.63, 3.8) is 0 Å². The molecule has 30 heavy (non-hydrogen) atoms. The van der Waals surface area contributed by atoms with Gasteiger partial charge in [-0.3, -0.25) is 0 Å². The maximum absolute atomic E-state index is 6.66. The van der Waals surface area contributed by atoms with E-state index < -0.39 is 5.60 Å². The highest BCUT2D eigenvalue weighted by atomic mass is 35.5. The smallest absolute Gasteiger partial charge is 0.236 e. The van der Waals surface area contributed by atoms with Crippen molar-refractivity contribution in [1.82, 2.24) is 9.97 Å². The van der Waals surface area contributed by atoms with E-state index in [1.807, 2.05) is 12.1 Å². The molecule has 2 rings (SSSR count). The molecule has 1 N–H and O–H groups in total. The van der Waals surface area contributed by atoms with E-state index in [1.165, 1.54) is 0 Å². The van der Waals surface area contributed by atoms with E-state index in [2.05, 4.69) is 56.5 Å². The van der Waals surface area contributed by atoms with E-state index in [0.717, 1.165) is 5.56 Å². The molecule has 1 unspecified atom stereocenters. The summed E-state index contributed by atoms with van der Waals surface area (Å²) in [7, 11) is 0.322. The number of hydrogen-bond donors (Lipinski definition) is 1. The Morgan fingerprint density at radius 3 is 2.40 bits per heavy atom. The van der Waals surface area contributed by atoms with E-state index >= 15 is 0 Å². The Labute approximate surface area is 197 Å². The highest BCUT2D eigenvalue weighted by Crippen LogP contribution is 2.42. The van der Waals surface area contributed by atoms with Gasteiger partial charge >= 0.3 is 0 Å². The van der Waals surface area contributed by atoms with Gasteiger partial charge in [-0.1, -0.05) is 61.7 Å². The molecule has 2 aromatic rings. The Morgan fingerprint density at radius 2 is 1.83 bits per heavy atom. The monoisotopic (exact) mass is 483 g/mol. The molecule has 1 aromatic carbocycles. The lowest BCUT2D eigenvalue weighted by molar-refractivity contribution is 0.0785. The topological polar surface area (TPSA) is 47.0 Å². The van der Waals surface area contributed by atoms with Gasteiger partial charge in [-0.25, -0.2) is 9.97 Å². The van der Waals surface area contributed by atoms with Gasteiger partial charge in [0.15, 0.2) is 0 Å². The Balaban J connectivity index is 2.54. The molecule has 1 atom stereocenters. The first-order valence-corrected chi connectivity index (χ1v) is 11.7. The Bertz CT molecular complexity index is 913. The summed E-state index contributed by atoms with van der Waals surface area (Å²) in [6.07, 6.45) is 2.52. The van der Waals surface area contributed by atoms with Crippen molar-refractivity contribution in [1.29, 1.82) is 0 Å². The molecule has 0 fully saturated rings. The number of hydrogen-bond acceptors (Lipinski definition) is 4. The number of halogens is 3. The summed E-state index contributed by atoms with van der Waals surface area (Å²) in [6.45, 7) is 16.3. The van der Waals surface area contributed by atoms with Crippen LogP contribution >= 0.6 is 34.8 Å². The minimum absolute atomic E-state index is 0.0570. The summed E-state index contributed by atoms with van der Waals surface area (Å²) in [5.41, 5.74) is 0.934. The molecule has 4 nitrogen and oxygen atoms in total. The standard InChI is InChI=1S/C22H28Cl3N3OSi/c1-8-9-15(22(6,7)29-30-21(3,4)5)18-19(25)26-13(2)27-20(18)28-17-11-10-14(23)12-16(17)24/h8,10-12,15H,1,9H2,2-7H3,(H,26,27,28). The molecule has 162 valence electrons. The molecule has 2 radical (unpaired) electrons. The van der Waals surface area contributed by atoms with Crippen molar-refractivity contribution >= 4 is 56.1 Å². The predicted molar refractivity (Wildman–Crippen MR) is 130 cm³/mol. The molecule has 1 aromatic heterocycles. The second kappa shape index (κ2) is 10.0. The zero-order valence-electron chi connectivity index (χ0n) is 18.2. The van der Waals surface area contributed by atoms with Crippen LogP contribution in [0.1, 0.15) is 58.3 Å². The second-order valence-electron chi connectivity index (χ2n) is 8.71. The van der Waals surface area contributed by atoms with E-state index in [0.29, 0.717) is 48.7 Å². The number of aryl methyl sites for hydroxylation is 1. The minimum Gasteiger partial charge on any atom is -0.411 e. The first kappa shape index (κ1) is 25.2. The predicted octanol–water partition coefficient (Wildman–Crippen LogP) is 7.78. The third-order valence-corrected chi connectivity index (χ3v) is 6.48. The van der Waals surface area contributed by atoms with Crippen LogP contribution in [0.4, 0.5) is 11.5 Å². The lowest BCUT2D eigenvalue weighted by atomic mass is 9.83. The molecule has 1 heterocycles. The third-order valence-electron chi connectivity index (χ3n) is 4.41. The Morgan fingerprint density at radius 1 is 1.17 bits per heavy atom. The minimum atomic E-state index is -0.525. The molecule has 8 heteroatoms. The van der Waals surface area contributed by atoms with E-state index in [1.54, 1.807) is 19.1 Å². The van der Waals surface area contributed by atoms with Crippen molar-refractivity contribution in [3.05, 3.63) is 57.4 Å². The van der Waals surface area contributed by atoms with Gasteiger partial charge in [-0.15, -0.1) is 6.58 Å². The largest absolute Gasteiger partial charge is 0.411 e. The van der Waals surface area contributed by atoms with Gasteiger partial charge in [0.2, 0.25) is 9.76 Å². The number of aromatic nitrogens is 2. The van der Waals surface area contributed by atoms with Crippen molar-refractivity contribution in [3.8, 4) is 0 Å². The van der Waals surface area contributed by atoms with Crippen LogP contribution in [0.3, 0.4) is 0 Å². The lowest BCUT2D eigenvalue weighted by Gasteiger charge is -2.37. The van der Waals surface area contributed by atoms with Crippen molar-refractivity contribution in [2.24, 2.45) is 0 Å². The number of nitrogens with one attached hydrogen (secondary N) is 1. The van der Waals surface area contributed by atoms with Crippen molar-refractivity contribution < 1.29 is 4.43 Å². The number of benzene rings is 1. The molecule has 0 spiro atoms. The maximum atomic E-state index is 6.66. The fourth-order valence-corrected chi connectivity index (χ4v) is 4.45. The average Bonchev–Trinajstić information content (AvgIpc) is 2.60. The zero-order valence-corrected chi connectivity index (χ0v) is 21.5. The highest BCUT2D eigenvalue weighted by molar-refractivity contribution is 6.36. The summed E-state index contributed by atoms with van der Waals surface area (Å²) in [5, 5.41) is 4.81. The molecular weight excluding hydrogens is 457 g/mol. The van der Waals surface area contributed by atoms with Crippen LogP contribution in [0.5, 0.6) is 0 Å². The third kappa shape index (κ3) is 6.69. The number of rotatable bonds is 8. The van der Waals surface area contributed by atoms with Crippen molar-refractivity contribution in [2.45, 2.75) is 64.5 Å². The molecule has 0 aliphatic rings. The van der Waals surface area contributed by atoms with E-state index in [9.17, 15) is 0 Å². The van der Waals surface area contributed by atoms with E-state index in [4.69, 9.17) is 39.2 Å². The fraction of sp³-hybridized carbons (Fsp3) is 0.455. The van der Waals surface area contributed by atoms with Crippen LogP contribution in [0.15, 0.2) is 30.9 Å². The Hall–Kier alpha value is -1.11. The SMILES string of the molecule is C=CCC(c1c(Cl)nc(C)nc1Nc1ccc(Cl)cc1Cl)C(C)(C)O[Si]C(C)(C)C. The lowest BCUT2D eigenvalue weighted by Crippen LogP contribution is -2.37. The van der Waals surface area contributed by atoms with Gasteiger partial charge in [0, 0.05) is 16.5 Å². The van der Waals surface area contributed by atoms with Crippen LogP contribution < -0.4 is 5.32 Å². The maximum Gasteiger partial charge on any atom is 0.236 e. The number of allylic oxidation sites excluding steroid dienone is 1. The summed E-state index contributed by atoms with van der Waals surface area (Å²) in [4.78, 5) is 9.04. The first-order chi connectivity index (χ1) is 13.8. The average molecular weight is 485 g/mol. The van der Waals surface area contributed by atoms with Gasteiger partial charge in [-0.05, 0) is 50.4 Å². The molecule has 0 saturated carbocycles. The summed E-state index contributed by atoms with van der Waals surface area (Å²) in [6, 6.07) is 5.26. The van der Waals surface area contributed by atoms with Crippen LogP contribution in [0, 0.1) is 6.92 Å². The zero-order chi connectivity index (χ0) is 22.7. The Kier molecular flexibility index (Phi) is 8.39. The van der Waals surface area contributed by atoms with Gasteiger partial charge in [0.25, 0.3) is 0 Å². The number of anilines is 2. The van der Waals surface area contributed by atoms with Crippen LogP contribution in [0.25, 0.3) is 0 Å². The normalized spacial score (nSPS) is 13.2. The fourth-order valence-electron chi connectivity index (χ4n) is 2.94. The molecule has 0 aliphatic heterocycles. The van der Waals surface area contributed by atoms with Crippen LogP contribution in [-0.4, -0.2) is 25.3 Å². The molecule has 0 bridgehead atoms. The summed E-state index contributed by atoms with van der Waals surface area (Å²) < 4.78 is 6.39.